The van der Waals surface area contributed by atoms with Crippen LogP contribution in [0.15, 0.2) is 0 Å². The van der Waals surface area contributed by atoms with Crippen LogP contribution in [-0.2, 0) is 4.74 Å². The van der Waals surface area contributed by atoms with Gasteiger partial charge in [0.1, 0.15) is 18.3 Å². The molecule has 4 atom stereocenters. The molecule has 1 rings (SSSR count). The second-order valence-corrected chi connectivity index (χ2v) is 2.62. The molecule has 1 aliphatic heterocycles. The van der Waals surface area contributed by atoms with Crippen molar-refractivity contribution < 1.29 is 30.3 Å². The summed E-state index contributed by atoms with van der Waals surface area (Å²) in [5.41, 5.74) is 0. The Morgan fingerprint density at radius 1 is 1.33 bits per heavy atom. The van der Waals surface area contributed by atoms with Crippen molar-refractivity contribution in [2.45, 2.75) is 24.1 Å². The average molecular weight is 184 g/mol. The van der Waals surface area contributed by atoms with E-state index in [2.05, 4.69) is 4.74 Å². The van der Waals surface area contributed by atoms with E-state index in [1.54, 1.807) is 0 Å². The summed E-state index contributed by atoms with van der Waals surface area (Å²) in [6.45, 7) is 0.907. The number of aliphatic hydroxyl groups is 5. The fraction of sp³-hybridized carbons (Fsp3) is 0.833. The molecule has 0 bridgehead atoms. The molecule has 2 radical (unpaired) electrons. The molecule has 1 unspecified atom stereocenters. The van der Waals surface area contributed by atoms with Crippen LogP contribution in [0.25, 0.3) is 0 Å². The van der Waals surface area contributed by atoms with Gasteiger partial charge in [-0.3, -0.25) is 0 Å². The van der Waals surface area contributed by atoms with Crippen molar-refractivity contribution in [3.8, 4) is 0 Å². The quantitative estimate of drug-likeness (QED) is 0.281. The summed E-state index contributed by atoms with van der Waals surface area (Å²) < 4.78 is 4.44. The third-order valence-electron chi connectivity index (χ3n) is 1.75. The van der Waals surface area contributed by atoms with Gasteiger partial charge in [-0.1, -0.05) is 0 Å². The van der Waals surface area contributed by atoms with Gasteiger partial charge in [-0.15, -0.1) is 0 Å². The van der Waals surface area contributed by atoms with Gasteiger partial charge >= 0.3 is 0 Å². The molecule has 70 valence electrons. The molecule has 1 fully saturated rings. The second-order valence-electron chi connectivity index (χ2n) is 2.62. The Kier molecular flexibility index (Phi) is 2.67. The summed E-state index contributed by atoms with van der Waals surface area (Å²) in [6.07, 6.45) is -4.66. The van der Waals surface area contributed by atoms with Crippen LogP contribution in [0, 0.1) is 6.61 Å². The Balaban J connectivity index is 2.71. The molecule has 6 heteroatoms. The summed E-state index contributed by atoms with van der Waals surface area (Å²) >= 11 is 0. The maximum Gasteiger partial charge on any atom is 0.231 e. The Hall–Kier alpha value is -0.240. The third-order valence-corrected chi connectivity index (χ3v) is 1.75. The summed E-state index contributed by atoms with van der Waals surface area (Å²) in [4.78, 5) is 0. The molecule has 0 aliphatic carbocycles. The summed E-state index contributed by atoms with van der Waals surface area (Å²) in [6, 6.07) is 0. The molecule has 5 N–H and O–H groups in total. The van der Waals surface area contributed by atoms with Gasteiger partial charge in [-0.05, 0) is 0 Å². The lowest BCUT2D eigenvalue weighted by molar-refractivity contribution is -0.315. The Morgan fingerprint density at radius 2 is 1.92 bits per heavy atom. The molecular formula is C6H10O6. The Bertz CT molecular complexity index is 162. The molecular weight excluding hydrogens is 174 g/mol. The molecule has 12 heavy (non-hydrogen) atoms. The second kappa shape index (κ2) is 3.25. The van der Waals surface area contributed by atoms with E-state index in [0.717, 1.165) is 0 Å². The van der Waals surface area contributed by atoms with Crippen molar-refractivity contribution in [1.29, 1.82) is 0 Å². The SMILES string of the molecule is O[13C][13C]1(O)O[13CH2][13C@@H](O)[13C@@H](O)[13C@H]1O. The van der Waals surface area contributed by atoms with E-state index in [9.17, 15) is 0 Å². The first-order valence-electron chi connectivity index (χ1n) is 3.33. The molecule has 1 aliphatic rings. The van der Waals surface area contributed by atoms with Gasteiger partial charge < -0.3 is 30.3 Å². The van der Waals surface area contributed by atoms with Crippen LogP contribution < -0.4 is 0 Å². The zero-order valence-electron chi connectivity index (χ0n) is 6.08. The van der Waals surface area contributed by atoms with Crippen LogP contribution in [0.2, 0.25) is 0 Å². The molecule has 0 aromatic carbocycles. The first-order valence-corrected chi connectivity index (χ1v) is 3.33. The largest absolute Gasteiger partial charge is 0.388 e. The van der Waals surface area contributed by atoms with Gasteiger partial charge in [-0.2, -0.15) is 0 Å². The molecule has 1 heterocycles. The van der Waals surface area contributed by atoms with Crippen LogP contribution in [-0.4, -0.2) is 56.2 Å². The van der Waals surface area contributed by atoms with Crippen LogP contribution in [0.5, 0.6) is 0 Å². The van der Waals surface area contributed by atoms with Crippen LogP contribution in [0.3, 0.4) is 0 Å². The van der Waals surface area contributed by atoms with Crippen LogP contribution >= 0.6 is 0 Å². The lowest BCUT2D eigenvalue weighted by Gasteiger charge is -2.39. The topological polar surface area (TPSA) is 110 Å². The lowest BCUT2D eigenvalue weighted by atomic mass is 10.9. The van der Waals surface area contributed by atoms with Crippen molar-refractivity contribution in [1.82, 2.24) is 0 Å². The molecule has 0 amide bonds. The predicted molar refractivity (Wildman–Crippen MR) is 34.1 cm³/mol. The smallest absolute Gasteiger partial charge is 0.231 e. The third kappa shape index (κ3) is 1.45. The number of hydrogen-bond donors (Lipinski definition) is 5. The number of hydrogen-bond acceptors (Lipinski definition) is 6. The molecule has 1 saturated heterocycles. The first-order chi connectivity index (χ1) is 5.51. The fourth-order valence-electron chi connectivity index (χ4n) is 0.937. The van der Waals surface area contributed by atoms with Gasteiger partial charge in [0.05, 0.1) is 6.61 Å². The normalized spacial score (nSPS) is 49.2. The highest BCUT2D eigenvalue weighted by atomic mass is 16.9. The van der Waals surface area contributed by atoms with Crippen LogP contribution in [0.1, 0.15) is 0 Å². The highest BCUT2D eigenvalue weighted by Crippen LogP contribution is 2.24. The van der Waals surface area contributed by atoms with E-state index < -0.39 is 24.1 Å². The van der Waals surface area contributed by atoms with E-state index in [0.29, 0.717) is 0 Å². The van der Waals surface area contributed by atoms with Crippen molar-refractivity contribution in [3.63, 3.8) is 0 Å². The Morgan fingerprint density at radius 3 is 2.42 bits per heavy atom. The van der Waals surface area contributed by atoms with Gasteiger partial charge in [-0.25, -0.2) is 0 Å². The van der Waals surface area contributed by atoms with Crippen LogP contribution in [0.4, 0.5) is 0 Å². The molecule has 0 aromatic heterocycles. The van der Waals surface area contributed by atoms with Gasteiger partial charge in [0, 0.05) is 0 Å². The maximum atomic E-state index is 9.13. The summed E-state index contributed by atoms with van der Waals surface area (Å²) in [7, 11) is 0. The Labute approximate surface area is 68.6 Å². The summed E-state index contributed by atoms with van der Waals surface area (Å²) in [5, 5.41) is 44.5. The zero-order valence-corrected chi connectivity index (χ0v) is 6.08. The maximum absolute atomic E-state index is 9.13. The average Bonchev–Trinajstić information content (AvgIpc) is 2.09. The van der Waals surface area contributed by atoms with E-state index >= 15 is 0 Å². The number of ether oxygens (including phenoxy) is 1. The molecule has 6 nitrogen and oxygen atoms in total. The van der Waals surface area contributed by atoms with Crippen molar-refractivity contribution in [3.05, 3.63) is 6.61 Å². The standard InChI is InChI=1S/C6H10O6/c7-2-6(11)5(10)4(9)3(8)1-12-6/h3-5,7-11H,1H2/t3-,4-,5-,6?/m1/s1/i1+1,2+1,3+1,4+1,5+1,6+1. The minimum absolute atomic E-state index is 0.387. The highest BCUT2D eigenvalue weighted by molar-refractivity contribution is 4.95. The van der Waals surface area contributed by atoms with Crippen molar-refractivity contribution in [2.75, 3.05) is 6.61 Å². The monoisotopic (exact) mass is 184 g/mol. The molecule has 0 saturated carbocycles. The van der Waals surface area contributed by atoms with Gasteiger partial charge in [0.15, 0.2) is 6.61 Å². The fourth-order valence-corrected chi connectivity index (χ4v) is 0.937. The van der Waals surface area contributed by atoms with Crippen molar-refractivity contribution in [2.24, 2.45) is 0 Å². The number of rotatable bonds is 1. The van der Waals surface area contributed by atoms with E-state index in [1.165, 1.54) is 6.61 Å². The minimum Gasteiger partial charge on any atom is -0.388 e. The zero-order chi connectivity index (χ0) is 9.35. The van der Waals surface area contributed by atoms with E-state index in [1.807, 2.05) is 0 Å². The summed E-state index contributed by atoms with van der Waals surface area (Å²) in [5.74, 6) is -2.42. The lowest BCUT2D eigenvalue weighted by Crippen LogP contribution is -2.61. The van der Waals surface area contributed by atoms with Gasteiger partial charge in [0.25, 0.3) is 0 Å². The first kappa shape index (κ1) is 9.85. The van der Waals surface area contributed by atoms with Crippen molar-refractivity contribution >= 4 is 0 Å². The van der Waals surface area contributed by atoms with E-state index in [-0.39, 0.29) is 6.61 Å². The van der Waals surface area contributed by atoms with Gasteiger partial charge in [0.2, 0.25) is 5.79 Å². The minimum atomic E-state index is -2.42. The number of aliphatic hydroxyl groups excluding tert-OH is 4. The predicted octanol–water partition coefficient (Wildman–Crippen LogP) is -2.80. The highest BCUT2D eigenvalue weighted by Gasteiger charge is 2.48. The van der Waals surface area contributed by atoms with E-state index in [4.69, 9.17) is 25.5 Å². The molecule has 0 aromatic rings. The molecule has 0 spiro atoms.